The molecule has 0 unspecified atom stereocenters. The molecule has 3 rings (SSSR count). The van der Waals surface area contributed by atoms with Crippen molar-refractivity contribution in [2.75, 3.05) is 20.2 Å². The second-order valence-corrected chi connectivity index (χ2v) is 5.98. The molecular formula is C19H18F3N3O2. The van der Waals surface area contributed by atoms with E-state index in [2.05, 4.69) is 4.98 Å². The molecule has 142 valence electrons. The van der Waals surface area contributed by atoms with E-state index >= 15 is 0 Å². The molecule has 1 amide bonds. The summed E-state index contributed by atoms with van der Waals surface area (Å²) in [7, 11) is 1.53. The van der Waals surface area contributed by atoms with Crippen LogP contribution in [0.5, 0.6) is 5.75 Å². The first kappa shape index (κ1) is 18.8. The summed E-state index contributed by atoms with van der Waals surface area (Å²) in [5.74, 6) is -0.871. The molecule has 3 aromatic rings. The number of para-hydroxylation sites is 3. The molecule has 0 saturated carbocycles. The van der Waals surface area contributed by atoms with Crippen LogP contribution in [-0.2, 0) is 17.5 Å². The summed E-state index contributed by atoms with van der Waals surface area (Å²) in [6, 6.07) is 15.3. The maximum atomic E-state index is 13.3. The molecule has 2 aromatic carbocycles. The number of carbonyl (C=O) groups is 1. The number of rotatable bonds is 6. The van der Waals surface area contributed by atoms with Gasteiger partial charge < -0.3 is 14.2 Å². The molecule has 0 aliphatic carbocycles. The molecule has 5 nitrogen and oxygen atoms in total. The molecule has 1 heterocycles. The van der Waals surface area contributed by atoms with Crippen LogP contribution in [0.3, 0.4) is 0 Å². The highest BCUT2D eigenvalue weighted by molar-refractivity contribution is 5.81. The van der Waals surface area contributed by atoms with Gasteiger partial charge in [0.1, 0.15) is 18.9 Å². The maximum Gasteiger partial charge on any atom is 0.449 e. The molecule has 0 radical (unpaired) electrons. The molecule has 8 heteroatoms. The summed E-state index contributed by atoms with van der Waals surface area (Å²) < 4.78 is 46.3. The van der Waals surface area contributed by atoms with Gasteiger partial charge in [-0.2, -0.15) is 13.2 Å². The van der Waals surface area contributed by atoms with Gasteiger partial charge in [0.15, 0.2) is 0 Å². The largest absolute Gasteiger partial charge is 0.492 e. The zero-order valence-electron chi connectivity index (χ0n) is 14.6. The van der Waals surface area contributed by atoms with Crippen LogP contribution in [0.25, 0.3) is 11.0 Å². The fourth-order valence-corrected chi connectivity index (χ4v) is 2.65. The first-order chi connectivity index (χ1) is 12.9. The Morgan fingerprint density at radius 3 is 2.48 bits per heavy atom. The standard InChI is InChI=1S/C19H18F3N3O2/c1-24(11-12-27-14-7-3-2-4-8-14)17(26)13-25-16-10-6-5-9-15(16)23-18(25)19(20,21)22/h2-10H,11-13H2,1H3. The molecule has 0 atom stereocenters. The Morgan fingerprint density at radius 1 is 1.11 bits per heavy atom. The number of hydrogen-bond donors (Lipinski definition) is 0. The van der Waals surface area contributed by atoms with Crippen molar-refractivity contribution in [2.45, 2.75) is 12.7 Å². The maximum absolute atomic E-state index is 13.3. The van der Waals surface area contributed by atoms with Gasteiger partial charge in [0.05, 0.1) is 17.6 Å². The van der Waals surface area contributed by atoms with Gasteiger partial charge in [-0.15, -0.1) is 0 Å². The minimum atomic E-state index is -4.64. The monoisotopic (exact) mass is 377 g/mol. The lowest BCUT2D eigenvalue weighted by molar-refractivity contribution is -0.148. The van der Waals surface area contributed by atoms with E-state index in [-0.39, 0.29) is 24.2 Å². The van der Waals surface area contributed by atoms with Crippen molar-refractivity contribution < 1.29 is 22.7 Å². The lowest BCUT2D eigenvalue weighted by Crippen LogP contribution is -2.34. The van der Waals surface area contributed by atoms with Gasteiger partial charge in [-0.3, -0.25) is 4.79 Å². The number of nitrogens with zero attached hydrogens (tertiary/aromatic N) is 3. The highest BCUT2D eigenvalue weighted by atomic mass is 19.4. The van der Waals surface area contributed by atoms with Crippen LogP contribution in [0.1, 0.15) is 5.82 Å². The van der Waals surface area contributed by atoms with Crippen molar-refractivity contribution in [3.63, 3.8) is 0 Å². The third kappa shape index (κ3) is 4.39. The molecule has 0 bridgehead atoms. The first-order valence-corrected chi connectivity index (χ1v) is 8.30. The van der Waals surface area contributed by atoms with Crippen LogP contribution in [-0.4, -0.2) is 40.6 Å². The normalized spacial score (nSPS) is 11.6. The SMILES string of the molecule is CN(CCOc1ccccc1)C(=O)Cn1c(C(F)(F)F)nc2ccccc21. The van der Waals surface area contributed by atoms with Crippen LogP contribution in [0.15, 0.2) is 54.6 Å². The fourth-order valence-electron chi connectivity index (χ4n) is 2.65. The number of halogens is 3. The second-order valence-electron chi connectivity index (χ2n) is 5.98. The molecule has 0 N–H and O–H groups in total. The molecule has 0 saturated heterocycles. The van der Waals surface area contributed by atoms with Gasteiger partial charge in [-0.05, 0) is 24.3 Å². The van der Waals surface area contributed by atoms with Gasteiger partial charge >= 0.3 is 6.18 Å². The van der Waals surface area contributed by atoms with Crippen LogP contribution >= 0.6 is 0 Å². The van der Waals surface area contributed by atoms with Crippen molar-refractivity contribution in [2.24, 2.45) is 0 Å². The van der Waals surface area contributed by atoms with Crippen molar-refractivity contribution in [3.8, 4) is 5.75 Å². The van der Waals surface area contributed by atoms with E-state index in [0.717, 1.165) is 4.57 Å². The summed E-state index contributed by atoms with van der Waals surface area (Å²) in [6.45, 7) is 0.0436. The predicted octanol–water partition coefficient (Wildman–Crippen LogP) is 3.59. The van der Waals surface area contributed by atoms with E-state index in [1.807, 2.05) is 18.2 Å². The quantitative estimate of drug-likeness (QED) is 0.660. The number of ether oxygens (including phenoxy) is 1. The first-order valence-electron chi connectivity index (χ1n) is 8.30. The minimum Gasteiger partial charge on any atom is -0.492 e. The lowest BCUT2D eigenvalue weighted by atomic mass is 10.3. The molecule has 0 aliphatic rings. The number of alkyl halides is 3. The van der Waals surface area contributed by atoms with E-state index < -0.39 is 24.5 Å². The van der Waals surface area contributed by atoms with Gasteiger partial charge in [0.25, 0.3) is 0 Å². The number of imidazole rings is 1. The number of likely N-dealkylation sites (N-methyl/N-ethyl adjacent to an activating group) is 1. The van der Waals surface area contributed by atoms with E-state index in [9.17, 15) is 18.0 Å². The molecular weight excluding hydrogens is 359 g/mol. The summed E-state index contributed by atoms with van der Waals surface area (Å²) in [5, 5.41) is 0. The predicted molar refractivity (Wildman–Crippen MR) is 94.3 cm³/mol. The molecule has 1 aromatic heterocycles. The Balaban J connectivity index is 1.69. The number of aromatic nitrogens is 2. The molecule has 0 spiro atoms. The molecule has 27 heavy (non-hydrogen) atoms. The average molecular weight is 377 g/mol. The number of carbonyl (C=O) groups excluding carboxylic acids is 1. The third-order valence-electron chi connectivity index (χ3n) is 4.07. The van der Waals surface area contributed by atoms with Gasteiger partial charge in [0.2, 0.25) is 11.7 Å². The third-order valence-corrected chi connectivity index (χ3v) is 4.07. The topological polar surface area (TPSA) is 47.4 Å². The van der Waals surface area contributed by atoms with Crippen LogP contribution in [0.4, 0.5) is 13.2 Å². The van der Waals surface area contributed by atoms with Gasteiger partial charge in [-0.25, -0.2) is 4.98 Å². The number of amides is 1. The fraction of sp³-hybridized carbons (Fsp3) is 0.263. The molecule has 0 fully saturated rings. The van der Waals surface area contributed by atoms with Crippen LogP contribution < -0.4 is 4.74 Å². The number of benzene rings is 2. The minimum absolute atomic E-state index is 0.202. The lowest BCUT2D eigenvalue weighted by Gasteiger charge is -2.19. The Hall–Kier alpha value is -3.03. The second kappa shape index (κ2) is 7.69. The Labute approximate surface area is 154 Å². The molecule has 0 aliphatic heterocycles. The van der Waals surface area contributed by atoms with E-state index in [4.69, 9.17) is 4.74 Å². The summed E-state index contributed by atoms with van der Waals surface area (Å²) in [5.41, 5.74) is 0.472. The van der Waals surface area contributed by atoms with Crippen molar-refractivity contribution in [1.82, 2.24) is 14.5 Å². The van der Waals surface area contributed by atoms with Gasteiger partial charge in [0, 0.05) is 7.05 Å². The highest BCUT2D eigenvalue weighted by Crippen LogP contribution is 2.31. The van der Waals surface area contributed by atoms with Crippen molar-refractivity contribution >= 4 is 16.9 Å². The van der Waals surface area contributed by atoms with E-state index in [1.165, 1.54) is 24.1 Å². The summed E-state index contributed by atoms with van der Waals surface area (Å²) >= 11 is 0. The van der Waals surface area contributed by atoms with Crippen LogP contribution in [0, 0.1) is 0 Å². The zero-order valence-corrected chi connectivity index (χ0v) is 14.6. The Morgan fingerprint density at radius 2 is 1.78 bits per heavy atom. The smallest absolute Gasteiger partial charge is 0.449 e. The van der Waals surface area contributed by atoms with Crippen molar-refractivity contribution in [3.05, 3.63) is 60.4 Å². The Kier molecular flexibility index (Phi) is 5.34. The van der Waals surface area contributed by atoms with Crippen molar-refractivity contribution in [1.29, 1.82) is 0 Å². The Bertz CT molecular complexity index is 923. The number of hydrogen-bond acceptors (Lipinski definition) is 3. The summed E-state index contributed by atoms with van der Waals surface area (Å²) in [4.78, 5) is 17.4. The highest BCUT2D eigenvalue weighted by Gasteiger charge is 2.38. The average Bonchev–Trinajstić information content (AvgIpc) is 3.01. The number of fused-ring (bicyclic) bond motifs is 1. The van der Waals surface area contributed by atoms with Gasteiger partial charge in [-0.1, -0.05) is 30.3 Å². The van der Waals surface area contributed by atoms with E-state index in [1.54, 1.807) is 24.3 Å². The van der Waals surface area contributed by atoms with Crippen LogP contribution in [0.2, 0.25) is 0 Å². The summed E-state index contributed by atoms with van der Waals surface area (Å²) in [6.07, 6.45) is -4.64. The zero-order chi connectivity index (χ0) is 19.4. The van der Waals surface area contributed by atoms with E-state index in [0.29, 0.717) is 5.75 Å².